The zero-order valence-electron chi connectivity index (χ0n) is 11.6. The molecule has 3 rings (SSSR count). The largest absolute Gasteiger partial charge is 0.384 e. The molecule has 0 bridgehead atoms. The Bertz CT molecular complexity index is 668. The van der Waals surface area contributed by atoms with Crippen LogP contribution in [0.3, 0.4) is 0 Å². The van der Waals surface area contributed by atoms with E-state index in [1.165, 1.54) is 17.5 Å². The van der Waals surface area contributed by atoms with E-state index >= 15 is 0 Å². The highest BCUT2D eigenvalue weighted by Crippen LogP contribution is 2.29. The normalized spacial score (nSPS) is 16.0. The van der Waals surface area contributed by atoms with E-state index in [4.69, 9.17) is 16.9 Å². The van der Waals surface area contributed by atoms with E-state index in [0.29, 0.717) is 16.7 Å². The number of rotatable bonds is 4. The van der Waals surface area contributed by atoms with Crippen molar-refractivity contribution in [1.29, 1.82) is 5.26 Å². The van der Waals surface area contributed by atoms with Crippen LogP contribution in [0.5, 0.6) is 0 Å². The number of hydrogen-bond donors (Lipinski definition) is 2. The number of pyridine rings is 1. The van der Waals surface area contributed by atoms with Gasteiger partial charge in [0.2, 0.25) is 0 Å². The summed E-state index contributed by atoms with van der Waals surface area (Å²) in [6, 6.07) is 3.98. The van der Waals surface area contributed by atoms with Crippen LogP contribution >= 0.6 is 11.6 Å². The van der Waals surface area contributed by atoms with Gasteiger partial charge in [-0.3, -0.25) is 0 Å². The first kappa shape index (κ1) is 14.1. The number of nitriles is 1. The van der Waals surface area contributed by atoms with Crippen molar-refractivity contribution in [1.82, 2.24) is 20.1 Å². The second-order valence-corrected chi connectivity index (χ2v) is 5.60. The molecule has 0 unspecified atom stereocenters. The first-order valence-corrected chi connectivity index (χ1v) is 7.50. The number of nitrogens with one attached hydrogen (secondary N) is 2. The van der Waals surface area contributed by atoms with Gasteiger partial charge >= 0.3 is 0 Å². The molecule has 0 atom stereocenters. The van der Waals surface area contributed by atoms with Crippen molar-refractivity contribution in [3.63, 3.8) is 0 Å². The number of anilines is 1. The summed E-state index contributed by atoms with van der Waals surface area (Å²) in [4.78, 5) is 4.29. The Morgan fingerprint density at radius 3 is 3.05 bits per heavy atom. The molecular weight excluding hydrogens is 288 g/mol. The lowest BCUT2D eigenvalue weighted by molar-refractivity contribution is 0.390. The van der Waals surface area contributed by atoms with Crippen molar-refractivity contribution in [3.05, 3.63) is 17.4 Å². The molecule has 0 aliphatic carbocycles. The predicted molar refractivity (Wildman–Crippen MR) is 82.2 cm³/mol. The summed E-state index contributed by atoms with van der Waals surface area (Å²) in [5, 5.41) is 21.0. The number of nitrogens with zero attached hydrogens (tertiary/aromatic N) is 4. The van der Waals surface area contributed by atoms with E-state index in [0.717, 1.165) is 30.7 Å². The van der Waals surface area contributed by atoms with Gasteiger partial charge in [0, 0.05) is 18.4 Å². The van der Waals surface area contributed by atoms with Crippen LogP contribution in [-0.2, 0) is 6.54 Å². The van der Waals surface area contributed by atoms with Gasteiger partial charge in [-0.25, -0.2) is 9.67 Å². The van der Waals surface area contributed by atoms with Gasteiger partial charge in [0.25, 0.3) is 0 Å². The second-order valence-electron chi connectivity index (χ2n) is 5.24. The van der Waals surface area contributed by atoms with Crippen LogP contribution in [0, 0.1) is 17.2 Å². The SMILES string of the molecule is N#CCn1nc(Cl)c2c(NCC3CCNCC3)ccnc21. The molecule has 0 aromatic carbocycles. The molecule has 2 aromatic rings. The molecule has 2 N–H and O–H groups in total. The Kier molecular flexibility index (Phi) is 4.23. The molecule has 0 radical (unpaired) electrons. The molecule has 6 nitrogen and oxygen atoms in total. The van der Waals surface area contributed by atoms with E-state index in [9.17, 15) is 0 Å². The number of hydrogen-bond acceptors (Lipinski definition) is 5. The average Bonchev–Trinajstić information content (AvgIpc) is 2.84. The molecular formula is C14H17ClN6. The van der Waals surface area contributed by atoms with Crippen LogP contribution in [0.2, 0.25) is 5.15 Å². The third kappa shape index (κ3) is 2.94. The van der Waals surface area contributed by atoms with Gasteiger partial charge in [0.05, 0.1) is 11.5 Å². The number of piperidine rings is 1. The minimum absolute atomic E-state index is 0.147. The summed E-state index contributed by atoms with van der Waals surface area (Å²) in [6.07, 6.45) is 4.09. The lowest BCUT2D eigenvalue weighted by Gasteiger charge is -2.23. The molecule has 21 heavy (non-hydrogen) atoms. The quantitative estimate of drug-likeness (QED) is 0.903. The fraction of sp³-hybridized carbons (Fsp3) is 0.500. The minimum Gasteiger partial charge on any atom is -0.384 e. The zero-order chi connectivity index (χ0) is 14.7. The maximum absolute atomic E-state index is 8.83. The van der Waals surface area contributed by atoms with Gasteiger partial charge in [-0.2, -0.15) is 10.4 Å². The summed E-state index contributed by atoms with van der Waals surface area (Å²) in [5.74, 6) is 0.669. The molecule has 1 saturated heterocycles. The monoisotopic (exact) mass is 304 g/mol. The molecule has 1 aliphatic heterocycles. The van der Waals surface area contributed by atoms with E-state index < -0.39 is 0 Å². The second kappa shape index (κ2) is 6.29. The van der Waals surface area contributed by atoms with Crippen LogP contribution in [0.15, 0.2) is 12.3 Å². The van der Waals surface area contributed by atoms with Crippen molar-refractivity contribution < 1.29 is 0 Å². The predicted octanol–water partition coefficient (Wildman–Crippen LogP) is 2.02. The maximum atomic E-state index is 8.83. The average molecular weight is 305 g/mol. The van der Waals surface area contributed by atoms with Crippen LogP contribution < -0.4 is 10.6 Å². The van der Waals surface area contributed by atoms with Crippen molar-refractivity contribution in [2.45, 2.75) is 19.4 Å². The molecule has 0 amide bonds. The first-order valence-electron chi connectivity index (χ1n) is 7.12. The lowest BCUT2D eigenvalue weighted by Crippen LogP contribution is -2.31. The van der Waals surface area contributed by atoms with Gasteiger partial charge < -0.3 is 10.6 Å². The highest BCUT2D eigenvalue weighted by atomic mass is 35.5. The fourth-order valence-corrected chi connectivity index (χ4v) is 3.00. The molecule has 1 fully saturated rings. The highest BCUT2D eigenvalue weighted by Gasteiger charge is 2.16. The van der Waals surface area contributed by atoms with E-state index in [1.54, 1.807) is 6.20 Å². The summed E-state index contributed by atoms with van der Waals surface area (Å²) >= 11 is 6.21. The Hall–Kier alpha value is -1.84. The number of fused-ring (bicyclic) bond motifs is 1. The molecule has 7 heteroatoms. The highest BCUT2D eigenvalue weighted by molar-refractivity contribution is 6.35. The van der Waals surface area contributed by atoms with E-state index in [1.807, 2.05) is 6.07 Å². The van der Waals surface area contributed by atoms with Crippen molar-refractivity contribution in [2.75, 3.05) is 25.0 Å². The first-order chi connectivity index (χ1) is 10.3. The van der Waals surface area contributed by atoms with E-state index in [2.05, 4.69) is 26.8 Å². The third-order valence-corrected chi connectivity index (χ3v) is 4.12. The zero-order valence-corrected chi connectivity index (χ0v) is 12.4. The van der Waals surface area contributed by atoms with Gasteiger partial charge in [-0.1, -0.05) is 11.6 Å². The van der Waals surface area contributed by atoms with Crippen LogP contribution in [-0.4, -0.2) is 34.4 Å². The Labute approximate surface area is 128 Å². The minimum atomic E-state index is 0.147. The van der Waals surface area contributed by atoms with Gasteiger partial charge in [0.15, 0.2) is 10.8 Å². The molecule has 0 spiro atoms. The van der Waals surface area contributed by atoms with Crippen LogP contribution in [0.4, 0.5) is 5.69 Å². The summed E-state index contributed by atoms with van der Waals surface area (Å²) in [6.45, 7) is 3.23. The fourth-order valence-electron chi connectivity index (χ4n) is 2.72. The number of halogens is 1. The third-order valence-electron chi connectivity index (χ3n) is 3.85. The van der Waals surface area contributed by atoms with Gasteiger partial charge in [-0.05, 0) is 37.9 Å². The lowest BCUT2D eigenvalue weighted by atomic mass is 9.98. The number of aromatic nitrogens is 3. The van der Waals surface area contributed by atoms with Crippen molar-refractivity contribution >= 4 is 28.3 Å². The molecule has 3 heterocycles. The topological polar surface area (TPSA) is 78.6 Å². The van der Waals surface area contributed by atoms with Crippen molar-refractivity contribution in [3.8, 4) is 6.07 Å². The smallest absolute Gasteiger partial charge is 0.162 e. The maximum Gasteiger partial charge on any atom is 0.162 e. The standard InChI is InChI=1S/C14H17ClN6/c15-13-12-11(19-9-10-1-5-17-6-2-10)3-7-18-14(12)21(20-13)8-4-16/h3,7,10,17H,1-2,5-6,8-9H2,(H,18,19). The summed E-state index contributed by atoms with van der Waals surface area (Å²) < 4.78 is 1.54. The molecule has 1 aliphatic rings. The van der Waals surface area contributed by atoms with Gasteiger partial charge in [0.1, 0.15) is 6.54 Å². The van der Waals surface area contributed by atoms with Gasteiger partial charge in [-0.15, -0.1) is 0 Å². The summed E-state index contributed by atoms with van der Waals surface area (Å²) in [7, 11) is 0. The Morgan fingerprint density at radius 1 is 1.48 bits per heavy atom. The van der Waals surface area contributed by atoms with Crippen LogP contribution in [0.1, 0.15) is 12.8 Å². The molecule has 110 valence electrons. The van der Waals surface area contributed by atoms with Crippen LogP contribution in [0.25, 0.3) is 11.0 Å². The summed E-state index contributed by atoms with van der Waals surface area (Å²) in [5.41, 5.74) is 1.59. The molecule has 2 aromatic heterocycles. The Morgan fingerprint density at radius 2 is 2.29 bits per heavy atom. The Balaban J connectivity index is 1.83. The van der Waals surface area contributed by atoms with Crippen molar-refractivity contribution in [2.24, 2.45) is 5.92 Å². The molecule has 0 saturated carbocycles. The van der Waals surface area contributed by atoms with E-state index in [-0.39, 0.29) is 6.54 Å².